The molecule has 1 unspecified atom stereocenters. The van der Waals surface area contributed by atoms with Crippen LogP contribution in [0.2, 0.25) is 0 Å². The molecule has 3 heteroatoms. The maximum Gasteiger partial charge on any atom is 0.309 e. The van der Waals surface area contributed by atoms with Crippen molar-refractivity contribution in [3.8, 4) is 0 Å². The van der Waals surface area contributed by atoms with Crippen LogP contribution in [0, 0.1) is 46.3 Å². The van der Waals surface area contributed by atoms with Crippen LogP contribution >= 0.6 is 0 Å². The summed E-state index contributed by atoms with van der Waals surface area (Å²) in [5, 5.41) is 0. The minimum Gasteiger partial charge on any atom is -0.458 e. The second-order valence-corrected chi connectivity index (χ2v) is 12.3. The Kier molecular flexibility index (Phi) is 4.09. The molecule has 0 heterocycles. The lowest BCUT2D eigenvalue weighted by molar-refractivity contribution is -0.191. The first-order chi connectivity index (χ1) is 19.9. The van der Waals surface area contributed by atoms with Crippen LogP contribution in [0.5, 0.6) is 0 Å². The van der Waals surface area contributed by atoms with Gasteiger partial charge in [-0.1, -0.05) is 46.0 Å². The van der Waals surface area contributed by atoms with Gasteiger partial charge in [-0.2, -0.15) is 0 Å². The predicted octanol–water partition coefficient (Wildman–Crippen LogP) is 7.67. The van der Waals surface area contributed by atoms with Crippen LogP contribution in [-0.2, 0) is 14.3 Å². The Morgan fingerprint density at radius 3 is 2.59 bits per heavy atom. The van der Waals surface area contributed by atoms with E-state index in [2.05, 4.69) is 6.92 Å². The van der Waals surface area contributed by atoms with E-state index >= 15 is 0 Å². The van der Waals surface area contributed by atoms with Crippen LogP contribution in [0.25, 0.3) is 0 Å². The van der Waals surface area contributed by atoms with Gasteiger partial charge in [-0.05, 0) is 112 Å². The summed E-state index contributed by atoms with van der Waals surface area (Å²) in [4.78, 5) is 26.3. The van der Waals surface area contributed by atoms with Gasteiger partial charge in [-0.3, -0.25) is 9.59 Å². The maximum atomic E-state index is 13.9. The van der Waals surface area contributed by atoms with Crippen molar-refractivity contribution >= 4 is 11.8 Å². The Morgan fingerprint density at radius 1 is 1.06 bits per heavy atom. The second kappa shape index (κ2) is 8.77. The summed E-state index contributed by atoms with van der Waals surface area (Å²) in [5.41, 5.74) is -4.62. The first kappa shape index (κ1) is 15.9. The van der Waals surface area contributed by atoms with E-state index in [9.17, 15) is 9.59 Å². The minimum atomic E-state index is -2.89. The molecular weight excluding hydrogens is 420 g/mol. The van der Waals surface area contributed by atoms with Crippen molar-refractivity contribution in [2.45, 2.75) is 123 Å². The zero-order chi connectivity index (χ0) is 31.8. The van der Waals surface area contributed by atoms with Gasteiger partial charge in [-0.25, -0.2) is 0 Å². The molecule has 4 fully saturated rings. The van der Waals surface area contributed by atoms with Crippen molar-refractivity contribution in [2.24, 2.45) is 46.3 Å². The molecule has 7 atom stereocenters. The number of fused-ring (bicyclic) bond motifs is 5. The van der Waals surface area contributed by atoms with E-state index < -0.39 is 66.6 Å². The number of carbonyl (C=O) groups is 2. The third-order valence-corrected chi connectivity index (χ3v) is 10.7. The van der Waals surface area contributed by atoms with Crippen LogP contribution < -0.4 is 0 Å². The molecule has 5 aliphatic rings. The third kappa shape index (κ3) is 3.65. The van der Waals surface area contributed by atoms with E-state index in [0.717, 1.165) is 25.7 Å². The molecule has 0 N–H and O–H groups in total. The van der Waals surface area contributed by atoms with Crippen LogP contribution in [-0.4, -0.2) is 17.4 Å². The molecule has 0 spiro atoms. The summed E-state index contributed by atoms with van der Waals surface area (Å²) in [6, 6.07) is 0. The van der Waals surface area contributed by atoms with Crippen LogP contribution in [0.4, 0.5) is 0 Å². The molecule has 0 bridgehead atoms. The number of rotatable bonds is 4. The highest BCUT2D eigenvalue weighted by atomic mass is 16.6. The molecule has 0 aromatic carbocycles. The van der Waals surface area contributed by atoms with Gasteiger partial charge in [0.1, 0.15) is 5.60 Å². The van der Waals surface area contributed by atoms with Crippen LogP contribution in [0.1, 0.15) is 130 Å². The smallest absolute Gasteiger partial charge is 0.309 e. The number of hydrogen-bond acceptors (Lipinski definition) is 3. The topological polar surface area (TPSA) is 43.4 Å². The Hall–Kier alpha value is -1.12. The highest BCUT2D eigenvalue weighted by Crippen LogP contribution is 2.69. The number of ketones is 1. The summed E-state index contributed by atoms with van der Waals surface area (Å²) in [7, 11) is 0. The van der Waals surface area contributed by atoms with Crippen LogP contribution in [0.3, 0.4) is 0 Å². The van der Waals surface area contributed by atoms with Crippen LogP contribution in [0.15, 0.2) is 11.6 Å². The molecule has 5 rings (SSSR count). The van der Waals surface area contributed by atoms with Gasteiger partial charge in [-0.15, -0.1) is 0 Å². The Bertz CT molecular complexity index is 1130. The minimum absolute atomic E-state index is 0.0619. The van der Waals surface area contributed by atoms with Crippen molar-refractivity contribution in [3.05, 3.63) is 11.6 Å². The fourth-order valence-corrected chi connectivity index (χ4v) is 8.71. The van der Waals surface area contributed by atoms with Crippen molar-refractivity contribution in [2.75, 3.05) is 0 Å². The average Bonchev–Trinajstić information content (AvgIpc) is 3.17. The van der Waals surface area contributed by atoms with E-state index in [4.69, 9.17) is 17.1 Å². The van der Waals surface area contributed by atoms with Crippen molar-refractivity contribution in [1.29, 1.82) is 0 Å². The molecule has 190 valence electrons. The van der Waals surface area contributed by atoms with E-state index in [1.165, 1.54) is 6.08 Å². The third-order valence-electron chi connectivity index (χ3n) is 10.7. The molecule has 0 aromatic rings. The zero-order valence-corrected chi connectivity index (χ0v) is 21.0. The summed E-state index contributed by atoms with van der Waals surface area (Å²) in [6.45, 7) is -4.19. The predicted molar refractivity (Wildman–Crippen MR) is 136 cm³/mol. The van der Waals surface area contributed by atoms with E-state index in [0.29, 0.717) is 37.2 Å². The molecule has 0 radical (unpaired) electrons. The normalized spacial score (nSPS) is 53.4. The number of allylic oxidation sites excluding steroid dienone is 1. The quantitative estimate of drug-likeness (QED) is 0.390. The van der Waals surface area contributed by atoms with E-state index in [1.807, 2.05) is 0 Å². The average molecular weight is 478 g/mol. The Balaban J connectivity index is 1.57. The van der Waals surface area contributed by atoms with Crippen molar-refractivity contribution in [3.63, 3.8) is 0 Å². The van der Waals surface area contributed by atoms with Gasteiger partial charge in [0.25, 0.3) is 0 Å². The van der Waals surface area contributed by atoms with Gasteiger partial charge in [0.05, 0.1) is 5.92 Å². The molecule has 0 aliphatic heterocycles. The number of ether oxygens (including phenoxy) is 1. The first-order valence-corrected chi connectivity index (χ1v) is 13.8. The highest BCUT2D eigenvalue weighted by Gasteiger charge is 2.66. The molecule has 0 aromatic heterocycles. The van der Waals surface area contributed by atoms with Gasteiger partial charge < -0.3 is 4.74 Å². The molecule has 0 amide bonds. The summed E-state index contributed by atoms with van der Waals surface area (Å²) < 4.78 is 85.6. The number of hydrogen-bond donors (Lipinski definition) is 0. The molecule has 34 heavy (non-hydrogen) atoms. The molecule has 3 nitrogen and oxygen atoms in total. The lowest BCUT2D eigenvalue weighted by Gasteiger charge is -2.59. The number of carbonyl (C=O) groups excluding carboxylic acids is 2. The fraction of sp³-hybridized carbons (Fsp3) is 0.871. The molecular formula is C31H48O3. The maximum absolute atomic E-state index is 13.9. The van der Waals surface area contributed by atoms with E-state index in [1.54, 1.807) is 6.92 Å². The molecule has 4 saturated carbocycles. The number of esters is 1. The summed E-state index contributed by atoms with van der Waals surface area (Å²) >= 11 is 0. The van der Waals surface area contributed by atoms with Crippen molar-refractivity contribution < 1.29 is 26.7 Å². The standard InChI is InChI=1S/C31H48O3/c1-6-7-21-8-10-22(11-9-21)28(33)34-31(5)20(2)18-27-25-13-12-23-19-24(32)14-16-29(23,3)26(25)15-17-30(27,31)4/h19-22,25-27H,6-18H2,1-5H3/t20?,21?,22?,25-,26+,27+,29+,30+,31+/m1/s1/i3D3,4D3,5D3. The zero-order valence-electron chi connectivity index (χ0n) is 30.0. The summed E-state index contributed by atoms with van der Waals surface area (Å²) in [5.74, 6) is -2.76. The first-order valence-electron chi connectivity index (χ1n) is 18.3. The van der Waals surface area contributed by atoms with Gasteiger partial charge in [0.15, 0.2) is 5.78 Å². The monoisotopic (exact) mass is 477 g/mol. The lowest BCUT2D eigenvalue weighted by Crippen LogP contribution is -2.56. The SMILES string of the molecule is [2H]C([2H])([2H])[C@]1(OC(=O)C2CCC(CCC)CC2)C(C)C[C@H]2[C@@H]3CCC4=CC(=O)CC[C@]4(C([2H])([2H])[2H])[C@H]3CC[C@@]21C([2H])([2H])[2H]. The van der Waals surface area contributed by atoms with Gasteiger partial charge >= 0.3 is 5.97 Å². The van der Waals surface area contributed by atoms with Crippen molar-refractivity contribution in [1.82, 2.24) is 0 Å². The molecule has 5 aliphatic carbocycles. The summed E-state index contributed by atoms with van der Waals surface area (Å²) in [6.07, 6.45) is 8.20. The molecule has 0 saturated heterocycles. The lowest BCUT2D eigenvalue weighted by atomic mass is 9.46. The Morgan fingerprint density at radius 2 is 1.88 bits per heavy atom. The van der Waals surface area contributed by atoms with Gasteiger partial charge in [0, 0.05) is 24.2 Å². The van der Waals surface area contributed by atoms with E-state index in [-0.39, 0.29) is 43.8 Å². The van der Waals surface area contributed by atoms with Gasteiger partial charge in [0.2, 0.25) is 0 Å². The second-order valence-electron chi connectivity index (χ2n) is 12.3. The Labute approximate surface area is 220 Å². The fourth-order valence-electron chi connectivity index (χ4n) is 8.71. The largest absolute Gasteiger partial charge is 0.458 e. The highest BCUT2D eigenvalue weighted by molar-refractivity contribution is 5.91.